The average molecular weight is 369 g/mol. The summed E-state index contributed by atoms with van der Waals surface area (Å²) in [5.74, 6) is 1.18. The van der Waals surface area contributed by atoms with Crippen LogP contribution in [0.15, 0.2) is 51.6 Å². The monoisotopic (exact) mass is 369 g/mol. The maximum atomic E-state index is 12.4. The molecule has 0 spiro atoms. The van der Waals surface area contributed by atoms with Gasteiger partial charge in [0.25, 0.3) is 0 Å². The number of nitrogens with one attached hydrogen (secondary N) is 1. The van der Waals surface area contributed by atoms with Crippen molar-refractivity contribution in [2.45, 2.75) is 19.4 Å². The Hall–Kier alpha value is -2.44. The maximum absolute atomic E-state index is 12.4. The highest BCUT2D eigenvalue weighted by molar-refractivity contribution is 7.07. The Morgan fingerprint density at radius 2 is 2.04 bits per heavy atom. The molecule has 1 amide bonds. The zero-order valence-corrected chi connectivity index (χ0v) is 16.0. The summed E-state index contributed by atoms with van der Waals surface area (Å²) in [6, 6.07) is 12.0. The van der Waals surface area contributed by atoms with Crippen molar-refractivity contribution in [3.8, 4) is 11.5 Å². The molecule has 0 aliphatic heterocycles. The van der Waals surface area contributed by atoms with Crippen molar-refractivity contribution in [2.75, 3.05) is 20.6 Å². The standard InChI is InChI=1S/C20H23N3O2S/c1-14-17(22-20(25-14)15-7-5-4-6-8-15)11-19(24)21-12-18(23(2)3)16-9-10-26-13-16/h4-10,13,18H,11-12H2,1-3H3,(H,21,24)/t18-/m1/s1. The third-order valence-corrected chi connectivity index (χ3v) is 4.99. The van der Waals surface area contributed by atoms with E-state index < -0.39 is 0 Å². The van der Waals surface area contributed by atoms with Gasteiger partial charge >= 0.3 is 0 Å². The van der Waals surface area contributed by atoms with E-state index in [2.05, 4.69) is 32.0 Å². The van der Waals surface area contributed by atoms with E-state index in [9.17, 15) is 4.79 Å². The number of rotatable bonds is 7. The van der Waals surface area contributed by atoms with Gasteiger partial charge in [0.05, 0.1) is 18.2 Å². The van der Waals surface area contributed by atoms with Crippen LogP contribution >= 0.6 is 11.3 Å². The Kier molecular flexibility index (Phi) is 5.85. The number of amides is 1. The lowest BCUT2D eigenvalue weighted by Crippen LogP contribution is -2.35. The molecular weight excluding hydrogens is 346 g/mol. The molecule has 1 atom stereocenters. The van der Waals surface area contributed by atoms with Crippen LogP contribution in [0.25, 0.3) is 11.5 Å². The third kappa shape index (κ3) is 4.39. The molecule has 0 aliphatic rings. The number of carbonyl (C=O) groups excluding carboxylic acids is 1. The second-order valence-electron chi connectivity index (χ2n) is 6.40. The van der Waals surface area contributed by atoms with E-state index in [4.69, 9.17) is 4.42 Å². The predicted molar refractivity (Wildman–Crippen MR) is 104 cm³/mol. The van der Waals surface area contributed by atoms with E-state index in [-0.39, 0.29) is 18.4 Å². The summed E-state index contributed by atoms with van der Waals surface area (Å²) >= 11 is 1.66. The lowest BCUT2D eigenvalue weighted by molar-refractivity contribution is -0.120. The summed E-state index contributed by atoms with van der Waals surface area (Å²) in [4.78, 5) is 19.0. The van der Waals surface area contributed by atoms with Crippen LogP contribution < -0.4 is 5.32 Å². The highest BCUT2D eigenvalue weighted by Gasteiger charge is 2.18. The SMILES string of the molecule is Cc1oc(-c2ccccc2)nc1CC(=O)NC[C@H](c1ccsc1)N(C)C. The molecule has 136 valence electrons. The number of aromatic nitrogens is 1. The normalized spacial score (nSPS) is 12.3. The van der Waals surface area contributed by atoms with Crippen LogP contribution in [0.5, 0.6) is 0 Å². The number of hydrogen-bond donors (Lipinski definition) is 1. The topological polar surface area (TPSA) is 58.4 Å². The summed E-state index contributed by atoms with van der Waals surface area (Å²) in [6.45, 7) is 2.40. The molecule has 2 aromatic heterocycles. The van der Waals surface area contributed by atoms with Gasteiger partial charge < -0.3 is 14.6 Å². The number of carbonyl (C=O) groups is 1. The fourth-order valence-electron chi connectivity index (χ4n) is 2.78. The number of hydrogen-bond acceptors (Lipinski definition) is 5. The van der Waals surface area contributed by atoms with E-state index in [1.54, 1.807) is 11.3 Å². The molecule has 0 aliphatic carbocycles. The van der Waals surface area contributed by atoms with Gasteiger partial charge in [-0.05, 0) is 55.5 Å². The molecule has 0 unspecified atom stereocenters. The van der Waals surface area contributed by atoms with Gasteiger partial charge in [-0.15, -0.1) is 0 Å². The molecule has 0 fully saturated rings. The van der Waals surface area contributed by atoms with Crippen molar-refractivity contribution in [1.82, 2.24) is 15.2 Å². The van der Waals surface area contributed by atoms with Crippen LogP contribution in [0.1, 0.15) is 23.1 Å². The first-order valence-corrected chi connectivity index (χ1v) is 9.46. The van der Waals surface area contributed by atoms with Crippen LogP contribution in [0.4, 0.5) is 0 Å². The van der Waals surface area contributed by atoms with Crippen molar-refractivity contribution >= 4 is 17.2 Å². The molecule has 26 heavy (non-hydrogen) atoms. The number of thiophene rings is 1. The molecule has 0 radical (unpaired) electrons. The van der Waals surface area contributed by atoms with Crippen LogP contribution in [-0.2, 0) is 11.2 Å². The van der Waals surface area contributed by atoms with Gasteiger partial charge in [0.15, 0.2) is 0 Å². The summed E-state index contributed by atoms with van der Waals surface area (Å²) in [5.41, 5.74) is 2.80. The number of benzene rings is 1. The fraction of sp³-hybridized carbons (Fsp3) is 0.300. The van der Waals surface area contributed by atoms with Gasteiger partial charge in [-0.1, -0.05) is 18.2 Å². The smallest absolute Gasteiger partial charge is 0.226 e. The molecule has 2 heterocycles. The Morgan fingerprint density at radius 3 is 2.69 bits per heavy atom. The van der Waals surface area contributed by atoms with Gasteiger partial charge in [-0.25, -0.2) is 4.98 Å². The predicted octanol–water partition coefficient (Wildman–Crippen LogP) is 3.67. The Morgan fingerprint density at radius 1 is 1.27 bits per heavy atom. The molecule has 5 nitrogen and oxygen atoms in total. The molecular formula is C20H23N3O2S. The van der Waals surface area contributed by atoms with E-state index in [1.165, 1.54) is 5.56 Å². The first-order chi connectivity index (χ1) is 12.5. The van der Waals surface area contributed by atoms with Crippen molar-refractivity contribution in [3.63, 3.8) is 0 Å². The molecule has 0 bridgehead atoms. The second-order valence-corrected chi connectivity index (χ2v) is 7.18. The number of aryl methyl sites for hydroxylation is 1. The molecule has 6 heteroatoms. The number of nitrogens with zero attached hydrogens (tertiary/aromatic N) is 2. The van der Waals surface area contributed by atoms with E-state index in [0.29, 0.717) is 23.9 Å². The summed E-state index contributed by atoms with van der Waals surface area (Å²) in [7, 11) is 4.03. The fourth-order valence-corrected chi connectivity index (χ4v) is 3.49. The minimum Gasteiger partial charge on any atom is -0.441 e. The molecule has 3 aromatic rings. The van der Waals surface area contributed by atoms with E-state index >= 15 is 0 Å². The largest absolute Gasteiger partial charge is 0.441 e. The average Bonchev–Trinajstić information content (AvgIpc) is 3.26. The quantitative estimate of drug-likeness (QED) is 0.690. The molecule has 1 aromatic carbocycles. The van der Waals surface area contributed by atoms with Gasteiger partial charge in [-0.2, -0.15) is 11.3 Å². The van der Waals surface area contributed by atoms with E-state index in [0.717, 1.165) is 5.56 Å². The summed E-state index contributed by atoms with van der Waals surface area (Å²) in [6.07, 6.45) is 0.214. The summed E-state index contributed by atoms with van der Waals surface area (Å²) < 4.78 is 5.73. The molecule has 0 saturated heterocycles. The van der Waals surface area contributed by atoms with E-state index in [1.807, 2.05) is 51.4 Å². The minimum atomic E-state index is -0.0527. The van der Waals surface area contributed by atoms with Crippen molar-refractivity contribution in [1.29, 1.82) is 0 Å². The van der Waals surface area contributed by atoms with Gasteiger partial charge in [0.1, 0.15) is 5.76 Å². The number of oxazole rings is 1. The van der Waals surface area contributed by atoms with Crippen molar-refractivity contribution in [3.05, 3.63) is 64.2 Å². The summed E-state index contributed by atoms with van der Waals surface area (Å²) in [5, 5.41) is 7.19. The third-order valence-electron chi connectivity index (χ3n) is 4.29. The highest BCUT2D eigenvalue weighted by atomic mass is 32.1. The molecule has 3 rings (SSSR count). The Balaban J connectivity index is 1.62. The van der Waals surface area contributed by atoms with Gasteiger partial charge in [0, 0.05) is 12.1 Å². The van der Waals surface area contributed by atoms with Crippen LogP contribution in [0.2, 0.25) is 0 Å². The lowest BCUT2D eigenvalue weighted by Gasteiger charge is -2.23. The second kappa shape index (κ2) is 8.29. The highest BCUT2D eigenvalue weighted by Crippen LogP contribution is 2.22. The van der Waals surface area contributed by atoms with Gasteiger partial charge in [0.2, 0.25) is 11.8 Å². The molecule has 0 saturated carbocycles. The number of likely N-dealkylation sites (N-methyl/N-ethyl adjacent to an activating group) is 1. The Labute approximate surface area is 157 Å². The van der Waals surface area contributed by atoms with Crippen LogP contribution in [0.3, 0.4) is 0 Å². The van der Waals surface area contributed by atoms with Gasteiger partial charge in [-0.3, -0.25) is 4.79 Å². The van der Waals surface area contributed by atoms with Crippen molar-refractivity contribution < 1.29 is 9.21 Å². The molecule has 1 N–H and O–H groups in total. The first-order valence-electron chi connectivity index (χ1n) is 8.51. The lowest BCUT2D eigenvalue weighted by atomic mass is 10.1. The van der Waals surface area contributed by atoms with Crippen molar-refractivity contribution in [2.24, 2.45) is 0 Å². The Bertz CT molecular complexity index is 841. The maximum Gasteiger partial charge on any atom is 0.226 e. The zero-order valence-electron chi connectivity index (χ0n) is 15.2. The minimum absolute atomic E-state index is 0.0527. The zero-order chi connectivity index (χ0) is 18.5. The first kappa shape index (κ1) is 18.4. The van der Waals surface area contributed by atoms with Crippen LogP contribution in [0, 0.1) is 6.92 Å². The van der Waals surface area contributed by atoms with Crippen LogP contribution in [-0.4, -0.2) is 36.4 Å².